The van der Waals surface area contributed by atoms with Gasteiger partial charge < -0.3 is 10.1 Å². The fourth-order valence-corrected chi connectivity index (χ4v) is 1.71. The van der Waals surface area contributed by atoms with Crippen molar-refractivity contribution in [2.45, 2.75) is 0 Å². The first-order valence-corrected chi connectivity index (χ1v) is 5.47. The van der Waals surface area contributed by atoms with E-state index in [1.54, 1.807) is 20.2 Å². The van der Waals surface area contributed by atoms with E-state index < -0.39 is 0 Å². The van der Waals surface area contributed by atoms with Gasteiger partial charge in [0, 0.05) is 7.05 Å². The summed E-state index contributed by atoms with van der Waals surface area (Å²) in [6, 6.07) is 7.46. The molecular weight excluding hydrogens is 236 g/mol. The van der Waals surface area contributed by atoms with Gasteiger partial charge in [0.25, 0.3) is 5.91 Å². The second kappa shape index (κ2) is 4.55. The Labute approximate surface area is 105 Å². The lowest BCUT2D eigenvalue weighted by molar-refractivity contribution is -0.121. The zero-order valence-corrected chi connectivity index (χ0v) is 10.4. The Morgan fingerprint density at radius 1 is 1.47 bits per heavy atom. The predicted molar refractivity (Wildman–Crippen MR) is 69.5 cm³/mol. The van der Waals surface area contributed by atoms with Gasteiger partial charge in [-0.15, -0.1) is 0 Å². The molecule has 1 aromatic carbocycles. The molecule has 0 spiro atoms. The van der Waals surface area contributed by atoms with Crippen LogP contribution in [-0.2, 0) is 4.79 Å². The Hall–Kier alpha value is -1.88. The van der Waals surface area contributed by atoms with E-state index >= 15 is 0 Å². The van der Waals surface area contributed by atoms with Gasteiger partial charge in [0.05, 0.1) is 7.11 Å². The number of carbonyl (C=O) groups is 1. The molecule has 5 heteroatoms. The molecule has 1 amide bonds. The quantitative estimate of drug-likeness (QED) is 0.634. The van der Waals surface area contributed by atoms with E-state index in [-0.39, 0.29) is 5.91 Å². The van der Waals surface area contributed by atoms with Crippen LogP contribution in [0.5, 0.6) is 5.75 Å². The molecule has 1 aliphatic heterocycles. The first-order chi connectivity index (χ1) is 8.11. The summed E-state index contributed by atoms with van der Waals surface area (Å²) in [6.07, 6.45) is 1.75. The van der Waals surface area contributed by atoms with Gasteiger partial charge in [-0.2, -0.15) is 0 Å². The molecule has 88 valence electrons. The smallest absolute Gasteiger partial charge is 0.276 e. The normalized spacial score (nSPS) is 17.5. The van der Waals surface area contributed by atoms with Crippen molar-refractivity contribution in [2.24, 2.45) is 0 Å². The minimum Gasteiger partial charge on any atom is -0.497 e. The Morgan fingerprint density at radius 3 is 2.82 bits per heavy atom. The maximum atomic E-state index is 11.8. The summed E-state index contributed by atoms with van der Waals surface area (Å²) in [5.41, 5.74) is 1.36. The van der Waals surface area contributed by atoms with Crippen molar-refractivity contribution in [1.82, 2.24) is 10.2 Å². The number of thiocarbonyl (C=S) groups is 1. The highest BCUT2D eigenvalue weighted by molar-refractivity contribution is 7.80. The molecule has 0 aromatic heterocycles. The van der Waals surface area contributed by atoms with E-state index in [4.69, 9.17) is 17.0 Å². The lowest BCUT2D eigenvalue weighted by Gasteiger charge is -2.02. The summed E-state index contributed by atoms with van der Waals surface area (Å²) < 4.78 is 5.12. The van der Waals surface area contributed by atoms with Crippen molar-refractivity contribution in [3.05, 3.63) is 35.5 Å². The summed E-state index contributed by atoms with van der Waals surface area (Å²) in [6.45, 7) is 0. The van der Waals surface area contributed by atoms with Crippen molar-refractivity contribution < 1.29 is 9.53 Å². The third kappa shape index (κ3) is 2.29. The van der Waals surface area contributed by atoms with E-state index in [1.807, 2.05) is 24.3 Å². The molecule has 0 unspecified atom stereocenters. The second-order valence-corrected chi connectivity index (χ2v) is 4.02. The van der Waals surface area contributed by atoms with Crippen LogP contribution in [-0.4, -0.2) is 30.1 Å². The topological polar surface area (TPSA) is 41.6 Å². The Bertz CT molecular complexity index is 511. The van der Waals surface area contributed by atoms with E-state index in [9.17, 15) is 4.79 Å². The van der Waals surface area contributed by atoms with E-state index in [2.05, 4.69) is 5.32 Å². The first-order valence-electron chi connectivity index (χ1n) is 5.06. The summed E-state index contributed by atoms with van der Waals surface area (Å²) in [7, 11) is 3.25. The van der Waals surface area contributed by atoms with Crippen molar-refractivity contribution in [1.29, 1.82) is 0 Å². The van der Waals surface area contributed by atoms with Gasteiger partial charge in [-0.3, -0.25) is 9.69 Å². The molecule has 0 bridgehead atoms. The molecule has 0 atom stereocenters. The molecule has 4 nitrogen and oxygen atoms in total. The minimum atomic E-state index is -0.127. The van der Waals surface area contributed by atoms with E-state index in [1.165, 1.54) is 4.90 Å². The van der Waals surface area contributed by atoms with Crippen LogP contribution in [0.15, 0.2) is 30.0 Å². The van der Waals surface area contributed by atoms with Crippen LogP contribution in [0.25, 0.3) is 6.08 Å². The Morgan fingerprint density at radius 2 is 2.24 bits per heavy atom. The number of rotatable bonds is 2. The van der Waals surface area contributed by atoms with Crippen LogP contribution in [0, 0.1) is 0 Å². The number of amides is 1. The fourth-order valence-electron chi connectivity index (χ4n) is 1.52. The number of ether oxygens (including phenoxy) is 1. The molecule has 0 radical (unpaired) electrons. The average Bonchev–Trinajstić information content (AvgIpc) is 2.57. The van der Waals surface area contributed by atoms with Crippen molar-refractivity contribution >= 4 is 29.3 Å². The monoisotopic (exact) mass is 248 g/mol. The highest BCUT2D eigenvalue weighted by Gasteiger charge is 2.26. The highest BCUT2D eigenvalue weighted by atomic mass is 32.1. The number of nitrogens with zero attached hydrogens (tertiary/aromatic N) is 1. The van der Waals surface area contributed by atoms with Crippen LogP contribution < -0.4 is 10.1 Å². The largest absolute Gasteiger partial charge is 0.497 e. The van der Waals surface area contributed by atoms with Gasteiger partial charge in [0.15, 0.2) is 5.11 Å². The predicted octanol–water partition coefficient (Wildman–Crippen LogP) is 1.38. The van der Waals surface area contributed by atoms with Gasteiger partial charge in [0.1, 0.15) is 11.4 Å². The molecule has 1 N–H and O–H groups in total. The molecule has 0 saturated carbocycles. The van der Waals surface area contributed by atoms with E-state index in [0.29, 0.717) is 10.8 Å². The van der Waals surface area contributed by atoms with Crippen LogP contribution in [0.4, 0.5) is 0 Å². The molecule has 1 heterocycles. The molecule has 1 aromatic rings. The van der Waals surface area contributed by atoms with Crippen LogP contribution in [0.2, 0.25) is 0 Å². The first kappa shape index (κ1) is 11.6. The lowest BCUT2D eigenvalue weighted by Crippen LogP contribution is -2.25. The summed E-state index contributed by atoms with van der Waals surface area (Å²) in [5, 5.41) is 3.29. The molecule has 0 aliphatic carbocycles. The van der Waals surface area contributed by atoms with Crippen molar-refractivity contribution in [2.75, 3.05) is 14.2 Å². The third-order valence-electron chi connectivity index (χ3n) is 2.49. The van der Waals surface area contributed by atoms with Gasteiger partial charge in [-0.1, -0.05) is 12.1 Å². The van der Waals surface area contributed by atoms with Crippen molar-refractivity contribution in [3.8, 4) is 5.75 Å². The minimum absolute atomic E-state index is 0.127. The number of carbonyl (C=O) groups excluding carboxylic acids is 1. The Balaban J connectivity index is 2.30. The number of methoxy groups -OCH3 is 1. The van der Waals surface area contributed by atoms with Crippen molar-refractivity contribution in [3.63, 3.8) is 0 Å². The summed E-state index contributed by atoms with van der Waals surface area (Å²) >= 11 is 4.99. The molecule has 1 fully saturated rings. The third-order valence-corrected chi connectivity index (χ3v) is 2.86. The zero-order chi connectivity index (χ0) is 12.4. The summed E-state index contributed by atoms with van der Waals surface area (Å²) in [5.74, 6) is 0.624. The molecule has 1 aliphatic rings. The van der Waals surface area contributed by atoms with Crippen LogP contribution >= 0.6 is 12.2 Å². The zero-order valence-electron chi connectivity index (χ0n) is 9.56. The van der Waals surface area contributed by atoms with Gasteiger partial charge in [-0.05, 0) is 36.0 Å². The number of nitrogens with one attached hydrogen (secondary N) is 1. The number of benzene rings is 1. The van der Waals surface area contributed by atoms with Gasteiger partial charge >= 0.3 is 0 Å². The molecule has 17 heavy (non-hydrogen) atoms. The number of likely N-dealkylation sites (N-methyl/N-ethyl adjacent to an activating group) is 1. The standard InChI is InChI=1S/C12H12N2O2S/c1-14-11(15)10(13-12(14)17)7-8-4-3-5-9(6-8)16-2/h3-7H,1-2H3,(H,13,17)/b10-7-. The van der Waals surface area contributed by atoms with Gasteiger partial charge in [0.2, 0.25) is 0 Å². The molecule has 1 saturated heterocycles. The fraction of sp³-hybridized carbons (Fsp3) is 0.167. The Kier molecular flexibility index (Phi) is 3.10. The lowest BCUT2D eigenvalue weighted by atomic mass is 10.2. The van der Waals surface area contributed by atoms with Gasteiger partial charge in [-0.25, -0.2) is 0 Å². The average molecular weight is 248 g/mol. The summed E-state index contributed by atoms with van der Waals surface area (Å²) in [4.78, 5) is 13.2. The van der Waals surface area contributed by atoms with Crippen LogP contribution in [0.1, 0.15) is 5.56 Å². The number of hydrogen-bond donors (Lipinski definition) is 1. The van der Waals surface area contributed by atoms with E-state index in [0.717, 1.165) is 11.3 Å². The maximum Gasteiger partial charge on any atom is 0.276 e. The molecule has 2 rings (SSSR count). The molecular formula is C12H12N2O2S. The number of hydrogen-bond acceptors (Lipinski definition) is 3. The second-order valence-electron chi connectivity index (χ2n) is 3.63. The maximum absolute atomic E-state index is 11.8. The SMILES string of the molecule is COc1cccc(/C=C2\NC(=S)N(C)C2=O)c1. The van der Waals surface area contributed by atoms with Crippen LogP contribution in [0.3, 0.4) is 0 Å². The highest BCUT2D eigenvalue weighted by Crippen LogP contribution is 2.17.